The molecule has 1 amide bonds. The van der Waals surface area contributed by atoms with Crippen LogP contribution in [0.5, 0.6) is 11.5 Å². The molecule has 4 rings (SSSR count). The Hall–Kier alpha value is -4.67. The van der Waals surface area contributed by atoms with Crippen molar-refractivity contribution in [3.05, 3.63) is 126 Å². The molecule has 0 aliphatic heterocycles. The molecule has 0 aromatic heterocycles. The Kier molecular flexibility index (Phi) is 10.9. The second-order valence-corrected chi connectivity index (χ2v) is 11.4. The SMILES string of the molecule is COc1ccc(S(=O)(=O)N[C@H](Cc2ccccc2)C(=O)OC[C@@H](Cc2ccccc2)NC(=O)c2ccccc2)c(OC)c1. The van der Waals surface area contributed by atoms with Crippen molar-refractivity contribution in [2.24, 2.45) is 0 Å². The predicted octanol–water partition coefficient (Wildman–Crippen LogP) is 4.18. The average molecular weight is 603 g/mol. The molecule has 4 aromatic carbocycles. The van der Waals surface area contributed by atoms with Crippen molar-refractivity contribution >= 4 is 21.9 Å². The van der Waals surface area contributed by atoms with E-state index >= 15 is 0 Å². The lowest BCUT2D eigenvalue weighted by Gasteiger charge is -2.22. The first-order valence-corrected chi connectivity index (χ1v) is 15.1. The van der Waals surface area contributed by atoms with Gasteiger partial charge in [-0.05, 0) is 48.2 Å². The number of rotatable bonds is 14. The number of sulfonamides is 1. The highest BCUT2D eigenvalue weighted by Gasteiger charge is 2.30. The largest absolute Gasteiger partial charge is 0.497 e. The van der Waals surface area contributed by atoms with Crippen LogP contribution in [0.2, 0.25) is 0 Å². The van der Waals surface area contributed by atoms with Gasteiger partial charge in [0.1, 0.15) is 29.0 Å². The van der Waals surface area contributed by atoms with E-state index in [0.29, 0.717) is 17.7 Å². The molecule has 10 heteroatoms. The molecule has 0 spiro atoms. The summed E-state index contributed by atoms with van der Waals surface area (Å²) < 4.78 is 45.7. The monoisotopic (exact) mass is 602 g/mol. The normalized spacial score (nSPS) is 12.5. The van der Waals surface area contributed by atoms with Crippen molar-refractivity contribution in [1.82, 2.24) is 10.0 Å². The maximum atomic E-state index is 13.5. The number of ether oxygens (including phenoxy) is 3. The van der Waals surface area contributed by atoms with E-state index in [1.807, 2.05) is 42.5 Å². The molecule has 0 aliphatic carbocycles. The molecular formula is C33H34N2O7S. The summed E-state index contributed by atoms with van der Waals surface area (Å²) in [6.45, 7) is -0.175. The summed E-state index contributed by atoms with van der Waals surface area (Å²) in [7, 11) is -1.43. The topological polar surface area (TPSA) is 120 Å². The lowest BCUT2D eigenvalue weighted by molar-refractivity contribution is -0.146. The molecule has 0 saturated heterocycles. The van der Waals surface area contributed by atoms with E-state index in [1.165, 1.54) is 32.4 Å². The summed E-state index contributed by atoms with van der Waals surface area (Å²) in [5, 5.41) is 2.94. The molecule has 9 nitrogen and oxygen atoms in total. The lowest BCUT2D eigenvalue weighted by atomic mass is 10.1. The van der Waals surface area contributed by atoms with Gasteiger partial charge in [0.2, 0.25) is 10.0 Å². The number of carbonyl (C=O) groups is 2. The third-order valence-corrected chi connectivity index (χ3v) is 8.16. The fraction of sp³-hybridized carbons (Fsp3) is 0.212. The van der Waals surface area contributed by atoms with Gasteiger partial charge in [0.25, 0.3) is 5.91 Å². The summed E-state index contributed by atoms with van der Waals surface area (Å²) in [4.78, 5) is 26.3. The molecule has 43 heavy (non-hydrogen) atoms. The van der Waals surface area contributed by atoms with E-state index < -0.39 is 28.1 Å². The van der Waals surface area contributed by atoms with Crippen LogP contribution in [0.4, 0.5) is 0 Å². The Balaban J connectivity index is 1.55. The van der Waals surface area contributed by atoms with Gasteiger partial charge >= 0.3 is 5.97 Å². The number of carbonyl (C=O) groups excluding carboxylic acids is 2. The van der Waals surface area contributed by atoms with Crippen LogP contribution in [0.25, 0.3) is 0 Å². The van der Waals surface area contributed by atoms with Crippen LogP contribution >= 0.6 is 0 Å². The standard InChI is InChI=1S/C33H34N2O7S/c1-40-28-18-19-31(30(22-28)41-2)43(38,39)35-29(21-25-14-8-4-9-15-25)33(37)42-23-27(20-24-12-6-3-7-13-24)34-32(36)26-16-10-5-11-17-26/h3-19,22,27,29,35H,20-21,23H2,1-2H3,(H,34,36)/t27-,29-/m1/s1. The zero-order valence-corrected chi connectivity index (χ0v) is 24.8. The zero-order valence-electron chi connectivity index (χ0n) is 23.9. The molecule has 0 bridgehead atoms. The number of methoxy groups -OCH3 is 2. The third kappa shape index (κ3) is 8.91. The number of amides is 1. The maximum Gasteiger partial charge on any atom is 0.324 e. The van der Waals surface area contributed by atoms with Gasteiger partial charge in [0.15, 0.2) is 0 Å². The first kappa shape index (κ1) is 31.3. The minimum Gasteiger partial charge on any atom is -0.497 e. The Bertz CT molecular complexity index is 1600. The smallest absolute Gasteiger partial charge is 0.324 e. The zero-order chi connectivity index (χ0) is 30.7. The van der Waals surface area contributed by atoms with Crippen molar-refractivity contribution in [1.29, 1.82) is 0 Å². The molecule has 0 radical (unpaired) electrons. The molecule has 2 N–H and O–H groups in total. The van der Waals surface area contributed by atoms with E-state index in [1.54, 1.807) is 48.5 Å². The molecule has 0 fully saturated rings. The van der Waals surface area contributed by atoms with Crippen LogP contribution in [0.15, 0.2) is 114 Å². The number of hydrogen-bond donors (Lipinski definition) is 2. The van der Waals surface area contributed by atoms with Gasteiger partial charge in [0, 0.05) is 11.6 Å². The molecular weight excluding hydrogens is 568 g/mol. The van der Waals surface area contributed by atoms with Gasteiger partial charge in [-0.2, -0.15) is 4.72 Å². The second kappa shape index (κ2) is 15.0. The van der Waals surface area contributed by atoms with E-state index in [-0.39, 0.29) is 29.6 Å². The summed E-state index contributed by atoms with van der Waals surface area (Å²) in [6, 6.07) is 29.7. The minimum absolute atomic E-state index is 0.0388. The summed E-state index contributed by atoms with van der Waals surface area (Å²) in [5.74, 6) is -0.624. The van der Waals surface area contributed by atoms with Gasteiger partial charge in [0.05, 0.1) is 20.3 Å². The molecule has 0 unspecified atom stereocenters. The third-order valence-electron chi connectivity index (χ3n) is 6.65. The fourth-order valence-corrected chi connectivity index (χ4v) is 5.80. The quantitative estimate of drug-likeness (QED) is 0.208. The lowest BCUT2D eigenvalue weighted by Crippen LogP contribution is -2.46. The fourth-order valence-electron chi connectivity index (χ4n) is 4.46. The van der Waals surface area contributed by atoms with Crippen LogP contribution < -0.4 is 19.5 Å². The van der Waals surface area contributed by atoms with Crippen molar-refractivity contribution in [2.45, 2.75) is 29.8 Å². The summed E-state index contributed by atoms with van der Waals surface area (Å²) in [6.07, 6.45) is 0.432. The summed E-state index contributed by atoms with van der Waals surface area (Å²) in [5.41, 5.74) is 2.13. The molecule has 0 heterocycles. The van der Waals surface area contributed by atoms with Crippen LogP contribution in [-0.2, 0) is 32.4 Å². The molecule has 0 saturated carbocycles. The van der Waals surface area contributed by atoms with Crippen molar-refractivity contribution in [2.75, 3.05) is 20.8 Å². The Labute approximate surface area is 251 Å². The van der Waals surface area contributed by atoms with Gasteiger partial charge in [-0.15, -0.1) is 0 Å². The van der Waals surface area contributed by atoms with Crippen LogP contribution in [0, 0.1) is 0 Å². The van der Waals surface area contributed by atoms with Crippen molar-refractivity contribution in [3.8, 4) is 11.5 Å². The van der Waals surface area contributed by atoms with Crippen LogP contribution in [-0.4, -0.2) is 53.2 Å². The maximum absolute atomic E-state index is 13.5. The Morgan fingerprint density at radius 3 is 1.91 bits per heavy atom. The van der Waals surface area contributed by atoms with Gasteiger partial charge < -0.3 is 19.5 Å². The van der Waals surface area contributed by atoms with Gasteiger partial charge in [-0.3, -0.25) is 9.59 Å². The molecule has 4 aromatic rings. The Morgan fingerprint density at radius 1 is 0.744 bits per heavy atom. The average Bonchev–Trinajstić information content (AvgIpc) is 3.04. The van der Waals surface area contributed by atoms with E-state index in [9.17, 15) is 18.0 Å². The van der Waals surface area contributed by atoms with Gasteiger partial charge in [-0.25, -0.2) is 8.42 Å². The molecule has 224 valence electrons. The van der Waals surface area contributed by atoms with E-state index in [2.05, 4.69) is 10.0 Å². The second-order valence-electron chi connectivity index (χ2n) is 9.74. The Morgan fingerprint density at radius 2 is 1.33 bits per heavy atom. The van der Waals surface area contributed by atoms with Crippen LogP contribution in [0.3, 0.4) is 0 Å². The highest BCUT2D eigenvalue weighted by atomic mass is 32.2. The van der Waals surface area contributed by atoms with E-state index in [0.717, 1.165) is 11.1 Å². The van der Waals surface area contributed by atoms with E-state index in [4.69, 9.17) is 14.2 Å². The van der Waals surface area contributed by atoms with Crippen LogP contribution in [0.1, 0.15) is 21.5 Å². The summed E-state index contributed by atoms with van der Waals surface area (Å²) >= 11 is 0. The highest BCUT2D eigenvalue weighted by Crippen LogP contribution is 2.28. The molecule has 0 aliphatic rings. The number of esters is 1. The van der Waals surface area contributed by atoms with Gasteiger partial charge in [-0.1, -0.05) is 78.9 Å². The highest BCUT2D eigenvalue weighted by molar-refractivity contribution is 7.89. The number of nitrogens with one attached hydrogen (secondary N) is 2. The van der Waals surface area contributed by atoms with Crippen molar-refractivity contribution in [3.63, 3.8) is 0 Å². The van der Waals surface area contributed by atoms with Crippen molar-refractivity contribution < 1.29 is 32.2 Å². The first-order chi connectivity index (χ1) is 20.8. The first-order valence-electron chi connectivity index (χ1n) is 13.6. The number of benzene rings is 4. The number of hydrogen-bond acceptors (Lipinski definition) is 7. The molecule has 2 atom stereocenters. The predicted molar refractivity (Wildman–Crippen MR) is 163 cm³/mol. The minimum atomic E-state index is -4.24.